The van der Waals surface area contributed by atoms with Gasteiger partial charge in [-0.05, 0) is 51.4 Å². The van der Waals surface area contributed by atoms with Crippen LogP contribution in [0.3, 0.4) is 0 Å². The third kappa shape index (κ3) is 5.61. The number of nitrogens with one attached hydrogen (secondary N) is 2. The van der Waals surface area contributed by atoms with E-state index in [9.17, 15) is 9.59 Å². The number of rotatable bonds is 7. The van der Waals surface area contributed by atoms with Crippen molar-refractivity contribution >= 4 is 35.0 Å². The van der Waals surface area contributed by atoms with Crippen LogP contribution in [0.15, 0.2) is 53.4 Å². The van der Waals surface area contributed by atoms with Crippen LogP contribution in [-0.2, 0) is 9.59 Å². The zero-order valence-corrected chi connectivity index (χ0v) is 16.4. The van der Waals surface area contributed by atoms with Crippen molar-refractivity contribution in [1.29, 1.82) is 0 Å². The summed E-state index contributed by atoms with van der Waals surface area (Å²) in [4.78, 5) is 27.4. The molecule has 2 aromatic rings. The minimum Gasteiger partial charge on any atom is -0.325 e. The second kappa shape index (κ2) is 9.40. The van der Waals surface area contributed by atoms with Crippen molar-refractivity contribution in [3.63, 3.8) is 0 Å². The molecule has 1 unspecified atom stereocenters. The molecule has 26 heavy (non-hydrogen) atoms. The molecule has 5 nitrogen and oxygen atoms in total. The molecule has 0 aliphatic heterocycles. The molecule has 2 aromatic carbocycles. The number of thioether (sulfide) groups is 1. The molecule has 2 amide bonds. The molecule has 0 radical (unpaired) electrons. The van der Waals surface area contributed by atoms with E-state index in [0.29, 0.717) is 0 Å². The summed E-state index contributed by atoms with van der Waals surface area (Å²) in [6.45, 7) is 3.91. The summed E-state index contributed by atoms with van der Waals surface area (Å²) in [6.07, 6.45) is 1.97. The van der Waals surface area contributed by atoms with Gasteiger partial charge in [0.2, 0.25) is 11.8 Å². The molecular formula is C20H25N3O2S. The van der Waals surface area contributed by atoms with E-state index in [1.54, 1.807) is 30.6 Å². The Morgan fingerprint density at radius 2 is 1.73 bits per heavy atom. The number of aryl methyl sites for hydroxylation is 1. The van der Waals surface area contributed by atoms with Crippen LogP contribution in [0.25, 0.3) is 0 Å². The number of nitrogens with zero attached hydrogens (tertiary/aromatic N) is 1. The van der Waals surface area contributed by atoms with Crippen LogP contribution in [0.4, 0.5) is 11.4 Å². The van der Waals surface area contributed by atoms with Crippen LogP contribution < -0.4 is 10.6 Å². The van der Waals surface area contributed by atoms with Crippen LogP contribution in [0, 0.1) is 6.92 Å². The predicted octanol–water partition coefficient (Wildman–Crippen LogP) is 3.61. The fourth-order valence-electron chi connectivity index (χ4n) is 2.39. The molecule has 2 N–H and O–H groups in total. The molecule has 0 aliphatic rings. The summed E-state index contributed by atoms with van der Waals surface area (Å²) in [7, 11) is 1.76. The first kappa shape index (κ1) is 20.0. The highest BCUT2D eigenvalue weighted by Gasteiger charge is 2.21. The van der Waals surface area contributed by atoms with Crippen LogP contribution >= 0.6 is 11.8 Å². The molecule has 6 heteroatoms. The van der Waals surface area contributed by atoms with Crippen LogP contribution in [0.5, 0.6) is 0 Å². The van der Waals surface area contributed by atoms with Gasteiger partial charge in [0.1, 0.15) is 0 Å². The number of hydrogen-bond acceptors (Lipinski definition) is 4. The molecule has 0 fully saturated rings. The second-order valence-electron chi connectivity index (χ2n) is 6.19. The third-order valence-electron chi connectivity index (χ3n) is 4.13. The van der Waals surface area contributed by atoms with Crippen LogP contribution in [0.2, 0.25) is 0 Å². The van der Waals surface area contributed by atoms with Gasteiger partial charge < -0.3 is 10.6 Å². The van der Waals surface area contributed by atoms with Gasteiger partial charge in [0.25, 0.3) is 0 Å². The fourth-order valence-corrected chi connectivity index (χ4v) is 2.94. The highest BCUT2D eigenvalue weighted by molar-refractivity contribution is 7.98. The Labute approximate surface area is 159 Å². The van der Waals surface area contributed by atoms with E-state index in [1.165, 1.54) is 0 Å². The Balaban J connectivity index is 1.91. The summed E-state index contributed by atoms with van der Waals surface area (Å²) in [5, 5.41) is 5.78. The maximum atomic E-state index is 12.5. The maximum Gasteiger partial charge on any atom is 0.241 e. The Morgan fingerprint density at radius 1 is 1.08 bits per heavy atom. The standard InChI is InChI=1S/C20H25N3O2S/c1-14-9-11-16(12-10-14)21-19(24)13-23(3)15(2)20(25)22-17-7-5-6-8-18(17)26-4/h5-12,15H,13H2,1-4H3,(H,21,24)(H,22,25). The van der Waals surface area contributed by atoms with E-state index in [-0.39, 0.29) is 18.4 Å². The van der Waals surface area contributed by atoms with E-state index in [4.69, 9.17) is 0 Å². The maximum absolute atomic E-state index is 12.5. The smallest absolute Gasteiger partial charge is 0.241 e. The number of carbonyl (C=O) groups excluding carboxylic acids is 2. The van der Waals surface area contributed by atoms with Crippen molar-refractivity contribution in [2.75, 3.05) is 30.5 Å². The van der Waals surface area contributed by atoms with E-state index < -0.39 is 6.04 Å². The van der Waals surface area contributed by atoms with Gasteiger partial charge >= 0.3 is 0 Å². The van der Waals surface area contributed by atoms with Gasteiger partial charge in [-0.1, -0.05) is 29.8 Å². The van der Waals surface area contributed by atoms with Crippen LogP contribution in [0.1, 0.15) is 12.5 Å². The van der Waals surface area contributed by atoms with Crippen molar-refractivity contribution in [3.05, 3.63) is 54.1 Å². The van der Waals surface area contributed by atoms with Gasteiger partial charge in [0.15, 0.2) is 0 Å². The van der Waals surface area contributed by atoms with Crippen molar-refractivity contribution in [1.82, 2.24) is 4.90 Å². The molecule has 1 atom stereocenters. The second-order valence-corrected chi connectivity index (χ2v) is 7.04. The van der Waals surface area contributed by atoms with Gasteiger partial charge in [-0.3, -0.25) is 14.5 Å². The van der Waals surface area contributed by atoms with Crippen LogP contribution in [-0.4, -0.2) is 42.6 Å². The van der Waals surface area contributed by atoms with Gasteiger partial charge in [0.05, 0.1) is 18.3 Å². The normalized spacial score (nSPS) is 11.9. The van der Waals surface area contributed by atoms with Gasteiger partial charge in [-0.25, -0.2) is 0 Å². The van der Waals surface area contributed by atoms with Crippen molar-refractivity contribution in [2.45, 2.75) is 24.8 Å². The zero-order valence-electron chi connectivity index (χ0n) is 15.6. The van der Waals surface area contributed by atoms with Gasteiger partial charge in [-0.2, -0.15) is 0 Å². The number of likely N-dealkylation sites (N-methyl/N-ethyl adjacent to an activating group) is 1. The van der Waals surface area contributed by atoms with Crippen molar-refractivity contribution < 1.29 is 9.59 Å². The van der Waals surface area contributed by atoms with Crippen molar-refractivity contribution in [3.8, 4) is 0 Å². The lowest BCUT2D eigenvalue weighted by Gasteiger charge is -2.23. The van der Waals surface area contributed by atoms with E-state index >= 15 is 0 Å². The summed E-state index contributed by atoms with van der Waals surface area (Å²) in [5.74, 6) is -0.294. The molecule has 0 aliphatic carbocycles. The minimum atomic E-state index is -0.436. The summed E-state index contributed by atoms with van der Waals surface area (Å²) in [5.41, 5.74) is 2.67. The molecule has 2 rings (SSSR count). The quantitative estimate of drug-likeness (QED) is 0.730. The monoisotopic (exact) mass is 371 g/mol. The number of benzene rings is 2. The highest BCUT2D eigenvalue weighted by Crippen LogP contribution is 2.24. The lowest BCUT2D eigenvalue weighted by atomic mass is 10.2. The van der Waals surface area contributed by atoms with E-state index in [0.717, 1.165) is 21.8 Å². The first-order chi connectivity index (χ1) is 12.4. The topological polar surface area (TPSA) is 61.4 Å². The highest BCUT2D eigenvalue weighted by atomic mass is 32.2. The van der Waals surface area contributed by atoms with Gasteiger partial charge in [0, 0.05) is 10.6 Å². The molecule has 138 valence electrons. The molecule has 0 spiro atoms. The number of para-hydroxylation sites is 1. The SMILES string of the molecule is CSc1ccccc1NC(=O)C(C)N(C)CC(=O)Nc1ccc(C)cc1. The molecule has 0 saturated carbocycles. The Morgan fingerprint density at radius 3 is 2.38 bits per heavy atom. The summed E-state index contributed by atoms with van der Waals surface area (Å²) in [6, 6.07) is 14.8. The predicted molar refractivity (Wildman–Crippen MR) is 109 cm³/mol. The Kier molecular flexibility index (Phi) is 7.24. The number of hydrogen-bond donors (Lipinski definition) is 2. The Hall–Kier alpha value is -2.31. The minimum absolute atomic E-state index is 0.132. The molecule has 0 saturated heterocycles. The Bertz CT molecular complexity index is 762. The molecular weight excluding hydrogens is 346 g/mol. The van der Waals surface area contributed by atoms with E-state index in [1.807, 2.05) is 61.7 Å². The van der Waals surface area contributed by atoms with E-state index in [2.05, 4.69) is 10.6 Å². The lowest BCUT2D eigenvalue weighted by Crippen LogP contribution is -2.43. The number of carbonyl (C=O) groups is 2. The summed E-state index contributed by atoms with van der Waals surface area (Å²) >= 11 is 1.58. The first-order valence-electron chi connectivity index (χ1n) is 8.41. The average molecular weight is 372 g/mol. The molecule has 0 aromatic heterocycles. The zero-order chi connectivity index (χ0) is 19.1. The largest absolute Gasteiger partial charge is 0.325 e. The lowest BCUT2D eigenvalue weighted by molar-refractivity contribution is -0.122. The summed E-state index contributed by atoms with van der Waals surface area (Å²) < 4.78 is 0. The van der Waals surface area contributed by atoms with Crippen molar-refractivity contribution in [2.24, 2.45) is 0 Å². The number of anilines is 2. The molecule has 0 bridgehead atoms. The van der Waals surface area contributed by atoms with Gasteiger partial charge in [-0.15, -0.1) is 11.8 Å². The first-order valence-corrected chi connectivity index (χ1v) is 9.64. The fraction of sp³-hybridized carbons (Fsp3) is 0.300. The average Bonchev–Trinajstić information content (AvgIpc) is 2.63. The third-order valence-corrected chi connectivity index (χ3v) is 4.93. The molecule has 0 heterocycles. The number of amides is 2.